The Hall–Kier alpha value is -2.71. The van der Waals surface area contributed by atoms with Gasteiger partial charge >= 0.3 is 11.9 Å². The van der Waals surface area contributed by atoms with Crippen molar-refractivity contribution in [3.05, 3.63) is 52.8 Å². The van der Waals surface area contributed by atoms with Gasteiger partial charge in [-0.1, -0.05) is 18.2 Å². The summed E-state index contributed by atoms with van der Waals surface area (Å²) in [6.45, 7) is 1.29. The van der Waals surface area contributed by atoms with E-state index < -0.39 is 23.7 Å². The molecule has 8 heteroatoms. The number of hydrogen-bond donors (Lipinski definition) is 1. The summed E-state index contributed by atoms with van der Waals surface area (Å²) in [5.74, 6) is -1.92. The number of methoxy groups -OCH3 is 2. The van der Waals surface area contributed by atoms with Gasteiger partial charge in [-0.2, -0.15) is 9.63 Å². The number of nitrogens with zero attached hydrogens (tertiary/aromatic N) is 1. The number of hydroxylamine groups is 1. The molecule has 0 heterocycles. The van der Waals surface area contributed by atoms with Gasteiger partial charge in [0.25, 0.3) is 6.23 Å². The van der Waals surface area contributed by atoms with Crippen LogP contribution in [0, 0.1) is 5.21 Å². The van der Waals surface area contributed by atoms with E-state index in [1.165, 1.54) is 6.92 Å². The Morgan fingerprint density at radius 3 is 2.13 bits per heavy atom. The van der Waals surface area contributed by atoms with Crippen molar-refractivity contribution in [2.45, 2.75) is 13.2 Å². The van der Waals surface area contributed by atoms with Crippen LogP contribution in [-0.4, -0.2) is 48.1 Å². The summed E-state index contributed by atoms with van der Waals surface area (Å²) in [5, 5.41) is 21.0. The lowest BCUT2D eigenvalue weighted by molar-refractivity contribution is -0.595. The number of ether oxygens (including phenoxy) is 2. The van der Waals surface area contributed by atoms with Gasteiger partial charge in [0, 0.05) is 18.6 Å². The molecule has 124 valence electrons. The average molecular weight is 323 g/mol. The molecular weight excluding hydrogens is 306 g/mol. The minimum absolute atomic E-state index is 0.0852. The van der Waals surface area contributed by atoms with Crippen molar-refractivity contribution < 1.29 is 33.9 Å². The lowest BCUT2D eigenvalue weighted by Gasteiger charge is -2.13. The van der Waals surface area contributed by atoms with Gasteiger partial charge in [0.15, 0.2) is 5.57 Å². The molecule has 0 aliphatic rings. The van der Waals surface area contributed by atoms with Crippen molar-refractivity contribution in [3.8, 4) is 0 Å². The molecule has 0 aliphatic heterocycles. The Bertz CT molecular complexity index is 604. The van der Waals surface area contributed by atoms with Gasteiger partial charge in [-0.25, -0.2) is 14.8 Å². The topological polar surface area (TPSA) is 108 Å². The average Bonchev–Trinajstić information content (AvgIpc) is 2.60. The van der Waals surface area contributed by atoms with Crippen molar-refractivity contribution in [2.24, 2.45) is 0 Å². The number of carbonyl (C=O) groups is 2. The van der Waals surface area contributed by atoms with Crippen molar-refractivity contribution in [1.29, 1.82) is 0 Å². The first-order chi connectivity index (χ1) is 11.0. The molecule has 1 aromatic rings. The molecule has 0 aromatic heterocycles. The van der Waals surface area contributed by atoms with Crippen molar-refractivity contribution in [3.63, 3.8) is 0 Å². The van der Waals surface area contributed by atoms with E-state index >= 15 is 0 Å². The fourth-order valence-corrected chi connectivity index (χ4v) is 1.68. The predicted octanol–water partition coefficient (Wildman–Crippen LogP) is 1.09. The summed E-state index contributed by atoms with van der Waals surface area (Å²) < 4.78 is 9.34. The fourth-order valence-electron chi connectivity index (χ4n) is 1.68. The molecule has 1 aromatic carbocycles. The quantitative estimate of drug-likeness (QED) is 0.0797. The van der Waals surface area contributed by atoms with E-state index in [4.69, 9.17) is 5.26 Å². The molecule has 0 radical (unpaired) electrons. The van der Waals surface area contributed by atoms with Crippen molar-refractivity contribution in [2.75, 3.05) is 14.2 Å². The Kier molecular flexibility index (Phi) is 6.91. The zero-order valence-electron chi connectivity index (χ0n) is 12.9. The Morgan fingerprint density at radius 2 is 1.70 bits per heavy atom. The molecule has 1 atom stereocenters. The molecular formula is C15H17NO7. The van der Waals surface area contributed by atoms with E-state index in [-0.39, 0.29) is 5.71 Å². The Balaban J connectivity index is 3.54. The zero-order valence-corrected chi connectivity index (χ0v) is 12.9. The first-order valence-corrected chi connectivity index (χ1v) is 6.53. The first kappa shape index (κ1) is 18.3. The maximum Gasteiger partial charge on any atom is 0.345 e. The smallest absolute Gasteiger partial charge is 0.345 e. The maximum absolute atomic E-state index is 12.3. The number of hydrogen-bond acceptors (Lipinski definition) is 7. The lowest BCUT2D eigenvalue weighted by atomic mass is 10.1. The SMILES string of the molecule is COC(=O)C(=C/C(c1ccccc1)=[N+](/[O-])C(C)OO)C(=O)OC. The van der Waals surface area contributed by atoms with Gasteiger partial charge in [-0.3, -0.25) is 0 Å². The fraction of sp³-hybridized carbons (Fsp3) is 0.267. The highest BCUT2D eigenvalue weighted by molar-refractivity contribution is 6.20. The standard InChI is InChI=1S/C15H17NO7/c1-10(23-20)16(19)13(11-7-5-4-6-8-11)9-12(14(17)21-2)15(18)22-3/h4-10,20H,1-3H3/b16-13-. The van der Waals surface area contributed by atoms with Gasteiger partial charge in [-0.15, -0.1) is 0 Å². The van der Waals surface area contributed by atoms with Crippen LogP contribution in [0.5, 0.6) is 0 Å². The van der Waals surface area contributed by atoms with Crippen LogP contribution >= 0.6 is 0 Å². The highest BCUT2D eigenvalue weighted by Gasteiger charge is 2.25. The molecule has 0 fully saturated rings. The third kappa shape index (κ3) is 4.63. The van der Waals surface area contributed by atoms with Crippen LogP contribution in [0.3, 0.4) is 0 Å². The summed E-state index contributed by atoms with van der Waals surface area (Å²) in [7, 11) is 2.19. The summed E-state index contributed by atoms with van der Waals surface area (Å²) in [6.07, 6.45) is -0.242. The number of carbonyl (C=O) groups excluding carboxylic acids is 2. The number of rotatable bonds is 6. The molecule has 1 unspecified atom stereocenters. The number of allylic oxidation sites excluding steroid dienone is 1. The monoisotopic (exact) mass is 323 g/mol. The second kappa shape index (κ2) is 8.66. The van der Waals surface area contributed by atoms with Crippen molar-refractivity contribution >= 4 is 17.7 Å². The number of benzene rings is 1. The highest BCUT2D eigenvalue weighted by Crippen LogP contribution is 2.09. The van der Waals surface area contributed by atoms with Crippen LogP contribution < -0.4 is 0 Å². The second-order valence-electron chi connectivity index (χ2n) is 4.32. The van der Waals surface area contributed by atoms with E-state index in [2.05, 4.69) is 14.4 Å². The summed E-state index contributed by atoms with van der Waals surface area (Å²) in [4.78, 5) is 27.5. The summed E-state index contributed by atoms with van der Waals surface area (Å²) >= 11 is 0. The third-order valence-corrected chi connectivity index (χ3v) is 2.88. The molecule has 0 saturated carbocycles. The van der Waals surface area contributed by atoms with E-state index in [0.29, 0.717) is 10.3 Å². The molecule has 1 rings (SSSR count). The molecule has 0 bridgehead atoms. The van der Waals surface area contributed by atoms with E-state index in [9.17, 15) is 14.8 Å². The minimum atomic E-state index is -1.27. The van der Waals surface area contributed by atoms with Gasteiger partial charge in [0.2, 0.25) is 5.71 Å². The van der Waals surface area contributed by atoms with E-state index in [1.54, 1.807) is 30.3 Å². The normalized spacial score (nSPS) is 12.7. The molecule has 0 spiro atoms. The van der Waals surface area contributed by atoms with Crippen LogP contribution in [0.15, 0.2) is 42.0 Å². The molecule has 8 nitrogen and oxygen atoms in total. The van der Waals surface area contributed by atoms with Crippen LogP contribution in [-0.2, 0) is 24.0 Å². The van der Waals surface area contributed by atoms with Gasteiger partial charge in [0.1, 0.15) is 0 Å². The summed E-state index contributed by atoms with van der Waals surface area (Å²) in [6, 6.07) is 8.24. The van der Waals surface area contributed by atoms with E-state index in [0.717, 1.165) is 20.3 Å². The lowest BCUT2D eigenvalue weighted by Crippen LogP contribution is -2.28. The van der Waals surface area contributed by atoms with E-state index in [1.807, 2.05) is 0 Å². The predicted molar refractivity (Wildman–Crippen MR) is 79.5 cm³/mol. The van der Waals surface area contributed by atoms with Crippen LogP contribution in [0.4, 0.5) is 0 Å². The maximum atomic E-state index is 12.3. The molecule has 0 saturated heterocycles. The Labute approximate surface area is 132 Å². The zero-order chi connectivity index (χ0) is 17.4. The van der Waals surface area contributed by atoms with Crippen molar-refractivity contribution in [1.82, 2.24) is 0 Å². The largest absolute Gasteiger partial charge is 0.621 e. The molecule has 23 heavy (non-hydrogen) atoms. The van der Waals surface area contributed by atoms with Gasteiger partial charge < -0.3 is 14.7 Å². The minimum Gasteiger partial charge on any atom is -0.621 e. The second-order valence-corrected chi connectivity index (χ2v) is 4.32. The van der Waals surface area contributed by atoms with Crippen LogP contribution in [0.1, 0.15) is 12.5 Å². The van der Waals surface area contributed by atoms with Gasteiger partial charge in [0.05, 0.1) is 14.2 Å². The van der Waals surface area contributed by atoms with Crippen LogP contribution in [0.25, 0.3) is 0 Å². The number of esters is 2. The molecule has 1 N–H and O–H groups in total. The van der Waals surface area contributed by atoms with Gasteiger partial charge in [-0.05, 0) is 12.1 Å². The highest BCUT2D eigenvalue weighted by atomic mass is 17.1. The van der Waals surface area contributed by atoms with Crippen LogP contribution in [0.2, 0.25) is 0 Å². The Morgan fingerprint density at radius 1 is 1.17 bits per heavy atom. The summed E-state index contributed by atoms with van der Waals surface area (Å²) in [5.41, 5.74) is -0.158. The first-order valence-electron chi connectivity index (χ1n) is 6.53. The molecule has 0 aliphatic carbocycles. The molecule has 0 amide bonds. The third-order valence-electron chi connectivity index (χ3n) is 2.88.